The van der Waals surface area contributed by atoms with E-state index in [0.717, 1.165) is 51.5 Å². The van der Waals surface area contributed by atoms with Crippen LogP contribution in [0.25, 0.3) is 0 Å². The van der Waals surface area contributed by atoms with Crippen LogP contribution in [0.15, 0.2) is 0 Å². The topological polar surface area (TPSA) is 105 Å². The smallest absolute Gasteiger partial charge is 0.327 e. The highest BCUT2D eigenvalue weighted by molar-refractivity contribution is 7.17. The Kier molecular flexibility index (Phi) is 30.6. The summed E-state index contributed by atoms with van der Waals surface area (Å²) in [5, 5.41) is 0. The molecule has 0 amide bonds. The van der Waals surface area contributed by atoms with Gasteiger partial charge in [-0.1, -0.05) is 129 Å². The molecule has 0 radical (unpaired) electrons. The summed E-state index contributed by atoms with van der Waals surface area (Å²) in [7, 11) is -0.486. The standard InChI is InChI=1S/C31H60NO6P/c1-2-3-4-5-6-7-8-9-13-16-19-22-25-31(34)38-29(28-37-39-35)27-36-30(33)24-21-18-15-12-10-11-14-17-20-23-26-32/h29H,2-28,32H2,1H3/t29-/m1/s1. The van der Waals surface area contributed by atoms with Crippen molar-refractivity contribution in [2.45, 2.75) is 167 Å². The molecule has 8 heteroatoms. The van der Waals surface area contributed by atoms with Crippen molar-refractivity contribution in [2.24, 2.45) is 5.73 Å². The van der Waals surface area contributed by atoms with Crippen LogP contribution in [0.1, 0.15) is 161 Å². The highest BCUT2D eigenvalue weighted by Crippen LogP contribution is 2.14. The monoisotopic (exact) mass is 573 g/mol. The summed E-state index contributed by atoms with van der Waals surface area (Å²) >= 11 is 0. The molecule has 230 valence electrons. The molecule has 0 aliphatic carbocycles. The van der Waals surface area contributed by atoms with Gasteiger partial charge >= 0.3 is 20.6 Å². The van der Waals surface area contributed by atoms with E-state index in [1.807, 2.05) is 0 Å². The Labute approximate surface area is 241 Å². The van der Waals surface area contributed by atoms with E-state index in [4.69, 9.17) is 19.7 Å². The molecule has 39 heavy (non-hydrogen) atoms. The van der Waals surface area contributed by atoms with Gasteiger partial charge in [0, 0.05) is 12.8 Å². The van der Waals surface area contributed by atoms with E-state index in [1.165, 1.54) is 96.3 Å². The van der Waals surface area contributed by atoms with Crippen LogP contribution in [0, 0.1) is 0 Å². The van der Waals surface area contributed by atoms with E-state index >= 15 is 0 Å². The number of nitrogens with two attached hydrogens (primary N) is 1. The first-order chi connectivity index (χ1) is 19.1. The van der Waals surface area contributed by atoms with Crippen molar-refractivity contribution in [3.05, 3.63) is 0 Å². The second-order valence-corrected chi connectivity index (χ2v) is 11.3. The van der Waals surface area contributed by atoms with Gasteiger partial charge in [-0.3, -0.25) is 14.1 Å². The normalized spacial score (nSPS) is 12.1. The number of unbranched alkanes of at least 4 members (excludes halogenated alkanes) is 20. The van der Waals surface area contributed by atoms with Crippen LogP contribution >= 0.6 is 8.69 Å². The second kappa shape index (κ2) is 31.5. The van der Waals surface area contributed by atoms with Crippen LogP contribution in [-0.4, -0.2) is 37.8 Å². The maximum atomic E-state index is 12.2. The minimum Gasteiger partial charge on any atom is -0.462 e. The predicted octanol–water partition coefficient (Wildman–Crippen LogP) is 9.01. The Morgan fingerprint density at radius 2 is 1.00 bits per heavy atom. The highest BCUT2D eigenvalue weighted by Gasteiger charge is 2.17. The van der Waals surface area contributed by atoms with Crippen LogP contribution in [0.2, 0.25) is 0 Å². The summed E-state index contributed by atoms with van der Waals surface area (Å²) in [6.07, 6.45) is 26.4. The van der Waals surface area contributed by atoms with E-state index in [-0.39, 0.29) is 25.2 Å². The number of carbonyl (C=O) groups is 2. The number of hydrogen-bond donors (Lipinski definition) is 1. The lowest BCUT2D eigenvalue weighted by Crippen LogP contribution is -2.28. The third-order valence-corrected chi connectivity index (χ3v) is 7.37. The molecule has 0 fully saturated rings. The van der Waals surface area contributed by atoms with Gasteiger partial charge < -0.3 is 15.2 Å². The van der Waals surface area contributed by atoms with Crippen LogP contribution in [0.3, 0.4) is 0 Å². The SMILES string of the molecule is CCCCCCCCCCCCCCC(=O)O[C@@H](COP=O)COC(=O)CCCCCCCCCCCCN. The molecule has 0 rings (SSSR count). The molecule has 0 aliphatic heterocycles. The number of esters is 2. The summed E-state index contributed by atoms with van der Waals surface area (Å²) in [5.41, 5.74) is 5.51. The zero-order valence-corrected chi connectivity index (χ0v) is 26.0. The number of ether oxygens (including phenoxy) is 2. The quantitative estimate of drug-likeness (QED) is 0.0501. The Hall–Kier alpha value is -1.04. The number of carbonyl (C=O) groups excluding carboxylic acids is 2. The maximum absolute atomic E-state index is 12.2. The van der Waals surface area contributed by atoms with Crippen molar-refractivity contribution in [3.63, 3.8) is 0 Å². The van der Waals surface area contributed by atoms with Crippen LogP contribution in [-0.2, 0) is 28.2 Å². The van der Waals surface area contributed by atoms with Gasteiger partial charge in [-0.15, -0.1) is 0 Å². The zero-order valence-electron chi connectivity index (χ0n) is 25.1. The zero-order chi connectivity index (χ0) is 28.7. The lowest BCUT2D eigenvalue weighted by molar-refractivity contribution is -0.160. The second-order valence-electron chi connectivity index (χ2n) is 10.9. The summed E-state index contributed by atoms with van der Waals surface area (Å²) in [6.45, 7) is 2.91. The molecular formula is C31H60NO6P. The van der Waals surface area contributed by atoms with Crippen molar-refractivity contribution in [1.82, 2.24) is 0 Å². The molecule has 0 aromatic heterocycles. The van der Waals surface area contributed by atoms with Gasteiger partial charge in [0.15, 0.2) is 6.10 Å². The first-order valence-corrected chi connectivity index (χ1v) is 16.9. The van der Waals surface area contributed by atoms with Crippen molar-refractivity contribution in [2.75, 3.05) is 19.8 Å². The third kappa shape index (κ3) is 29.8. The van der Waals surface area contributed by atoms with E-state index in [1.54, 1.807) is 0 Å². The highest BCUT2D eigenvalue weighted by atomic mass is 31.1. The van der Waals surface area contributed by atoms with Gasteiger partial charge in [-0.2, -0.15) is 0 Å². The fourth-order valence-electron chi connectivity index (χ4n) is 4.67. The van der Waals surface area contributed by atoms with Gasteiger partial charge in [0.1, 0.15) is 13.2 Å². The maximum Gasteiger partial charge on any atom is 0.327 e. The lowest BCUT2D eigenvalue weighted by Gasteiger charge is -2.16. The van der Waals surface area contributed by atoms with Gasteiger partial charge in [-0.25, -0.2) is 4.57 Å². The van der Waals surface area contributed by atoms with E-state index in [9.17, 15) is 14.2 Å². The van der Waals surface area contributed by atoms with E-state index < -0.39 is 14.8 Å². The first kappa shape index (κ1) is 38.0. The molecule has 0 saturated carbocycles. The molecule has 1 atom stereocenters. The molecule has 0 heterocycles. The molecule has 0 bridgehead atoms. The molecular weight excluding hydrogens is 513 g/mol. The largest absolute Gasteiger partial charge is 0.462 e. The molecule has 0 aliphatic rings. The van der Waals surface area contributed by atoms with Gasteiger partial charge in [0.25, 0.3) is 0 Å². The number of rotatable bonds is 31. The molecule has 0 aromatic carbocycles. The summed E-state index contributed by atoms with van der Waals surface area (Å²) < 4.78 is 26.3. The minimum atomic E-state index is -0.731. The molecule has 0 aromatic rings. The van der Waals surface area contributed by atoms with Crippen molar-refractivity contribution in [3.8, 4) is 0 Å². The predicted molar refractivity (Wildman–Crippen MR) is 160 cm³/mol. The number of hydrogen-bond acceptors (Lipinski definition) is 7. The lowest BCUT2D eigenvalue weighted by atomic mass is 10.0. The Balaban J connectivity index is 3.78. The van der Waals surface area contributed by atoms with Crippen molar-refractivity contribution < 1.29 is 28.2 Å². The van der Waals surface area contributed by atoms with Crippen LogP contribution in [0.5, 0.6) is 0 Å². The van der Waals surface area contributed by atoms with Crippen LogP contribution < -0.4 is 5.73 Å². The molecule has 0 unspecified atom stereocenters. The average Bonchev–Trinajstić information content (AvgIpc) is 2.93. The first-order valence-electron chi connectivity index (χ1n) is 16.1. The van der Waals surface area contributed by atoms with Gasteiger partial charge in [-0.05, 0) is 25.8 Å². The van der Waals surface area contributed by atoms with Gasteiger partial charge in [0.2, 0.25) is 0 Å². The fraction of sp³-hybridized carbons (Fsp3) is 0.935. The Morgan fingerprint density at radius 1 is 0.590 bits per heavy atom. The van der Waals surface area contributed by atoms with E-state index in [0.29, 0.717) is 12.8 Å². The fourth-order valence-corrected chi connectivity index (χ4v) is 4.90. The van der Waals surface area contributed by atoms with Crippen molar-refractivity contribution >= 4 is 20.6 Å². The van der Waals surface area contributed by atoms with Crippen molar-refractivity contribution in [1.29, 1.82) is 0 Å². The van der Waals surface area contributed by atoms with Crippen LogP contribution in [0.4, 0.5) is 0 Å². The molecule has 7 nitrogen and oxygen atoms in total. The Morgan fingerprint density at radius 3 is 1.44 bits per heavy atom. The van der Waals surface area contributed by atoms with E-state index in [2.05, 4.69) is 6.92 Å². The minimum absolute atomic E-state index is 0.0608. The third-order valence-electron chi connectivity index (χ3n) is 7.11. The summed E-state index contributed by atoms with van der Waals surface area (Å²) in [6, 6.07) is 0. The van der Waals surface area contributed by atoms with Gasteiger partial charge in [0.05, 0.1) is 0 Å². The summed E-state index contributed by atoms with van der Waals surface area (Å²) in [4.78, 5) is 24.3. The molecule has 0 saturated heterocycles. The molecule has 2 N–H and O–H groups in total. The summed E-state index contributed by atoms with van der Waals surface area (Å²) in [5.74, 6) is -0.620. The average molecular weight is 574 g/mol. The molecule has 0 spiro atoms. The Bertz CT molecular complexity index is 563.